The number of allylic oxidation sites excluding steroid dienone is 10. The summed E-state index contributed by atoms with van der Waals surface area (Å²) in [4.78, 5) is 1.59. The fourth-order valence-electron chi connectivity index (χ4n) is 6.98. The molecule has 1 aliphatic heterocycles. The maximum Gasteiger partial charge on any atom is 1.00 e. The smallest absolute Gasteiger partial charge is 0.747 e. The summed E-state index contributed by atoms with van der Waals surface area (Å²) in [6, 6.07) is 15.7. The minimum absolute atomic E-state index is 0. The number of anilines is 1. The van der Waals surface area contributed by atoms with Crippen LogP contribution in [0.2, 0.25) is 0 Å². The molecule has 1 heterocycles. The number of hydrogen-bond donors (Lipinski definition) is 1. The Balaban J connectivity index is 0.00000480. The Labute approximate surface area is 321 Å². The number of benzene rings is 2. The standard InChI is InChI=1S/C35H40ClNO6S2.K/c1-34(2)28-15-6-5-13-26(28)27(14-10-22-44(38,39)40)29(34)20-18-24-11-9-12-25(33(24)36)19-21-32-35(3,4)30-16-7-8-17-31(30)37(32)23-45(41,42)43;/h5-8,13,15-21H,9-12,14,22-23H2,1-4H3,(H,38,39,40)(H,41,42,43);/q;+1/p-1/b20-18+,25-19+,32-21+;. The Kier molecular flexibility index (Phi) is 11.6. The van der Waals surface area contributed by atoms with Gasteiger partial charge in [-0.2, -0.15) is 8.42 Å². The SMILES string of the molecule is CC1(C)C(/C=C/C2=C(Cl)C(=C/C=C3/N(CS(=O)(=O)[O-])c4ccccc4C3(C)C)/CCC2)=C(CCCS(=O)(=O)O)c2ccccc21.[K+]. The second-order valence-corrected chi connectivity index (χ2v) is 16.3. The molecule has 0 radical (unpaired) electrons. The number of rotatable bonds is 9. The van der Waals surface area contributed by atoms with E-state index in [1.807, 2.05) is 62.4 Å². The first kappa shape index (κ1) is 37.5. The average molecular weight is 708 g/mol. The molecular weight excluding hydrogens is 669 g/mol. The third kappa shape index (κ3) is 7.93. The van der Waals surface area contributed by atoms with Crippen LogP contribution >= 0.6 is 11.6 Å². The van der Waals surface area contributed by atoms with Crippen LogP contribution in [-0.4, -0.2) is 37.6 Å². The minimum Gasteiger partial charge on any atom is -0.747 e. The predicted molar refractivity (Wildman–Crippen MR) is 181 cm³/mol. The van der Waals surface area contributed by atoms with Gasteiger partial charge < -0.3 is 9.45 Å². The molecule has 2 aromatic rings. The van der Waals surface area contributed by atoms with Crippen molar-refractivity contribution in [3.63, 3.8) is 0 Å². The van der Waals surface area contributed by atoms with E-state index in [1.165, 1.54) is 5.56 Å². The van der Waals surface area contributed by atoms with Crippen molar-refractivity contribution >= 4 is 43.1 Å². The van der Waals surface area contributed by atoms with Gasteiger partial charge >= 0.3 is 51.4 Å². The second-order valence-electron chi connectivity index (χ2n) is 13.0. The molecule has 7 nitrogen and oxygen atoms in total. The molecule has 0 atom stereocenters. The van der Waals surface area contributed by atoms with E-state index in [4.69, 9.17) is 11.6 Å². The Morgan fingerprint density at radius 1 is 0.913 bits per heavy atom. The fourth-order valence-corrected chi connectivity index (χ4v) is 8.40. The molecule has 0 spiro atoms. The number of para-hydroxylation sites is 1. The molecule has 0 amide bonds. The fraction of sp³-hybridized carbons (Fsp3) is 0.371. The van der Waals surface area contributed by atoms with Crippen LogP contribution in [0.5, 0.6) is 0 Å². The molecule has 1 N–H and O–H groups in total. The first-order valence-electron chi connectivity index (χ1n) is 15.1. The van der Waals surface area contributed by atoms with Crippen LogP contribution in [0.15, 0.2) is 100 Å². The van der Waals surface area contributed by atoms with Crippen molar-refractivity contribution in [3.8, 4) is 0 Å². The molecule has 2 aromatic carbocycles. The molecule has 11 heteroatoms. The van der Waals surface area contributed by atoms with Crippen molar-refractivity contribution in [2.75, 3.05) is 16.5 Å². The summed E-state index contributed by atoms with van der Waals surface area (Å²) in [5, 5.41) is 0.646. The van der Waals surface area contributed by atoms with Gasteiger partial charge in [-0.3, -0.25) is 4.55 Å². The maximum absolute atomic E-state index is 11.9. The van der Waals surface area contributed by atoms with E-state index in [2.05, 4.69) is 38.1 Å². The molecule has 0 saturated carbocycles. The molecule has 0 fully saturated rings. The normalized spacial score (nSPS) is 20.9. The summed E-state index contributed by atoms with van der Waals surface area (Å²) in [5.41, 5.74) is 7.90. The minimum atomic E-state index is -4.54. The summed E-state index contributed by atoms with van der Waals surface area (Å²) in [5.74, 6) is -0.948. The molecule has 0 unspecified atom stereocenters. The second kappa shape index (κ2) is 14.3. The van der Waals surface area contributed by atoms with Gasteiger partial charge in [-0.25, -0.2) is 8.42 Å². The van der Waals surface area contributed by atoms with Gasteiger partial charge in [0.05, 0.1) is 5.75 Å². The summed E-state index contributed by atoms with van der Waals surface area (Å²) >= 11 is 7.01. The van der Waals surface area contributed by atoms with Crippen molar-refractivity contribution in [2.24, 2.45) is 0 Å². The van der Waals surface area contributed by atoms with Crippen LogP contribution in [-0.2, 0) is 31.1 Å². The van der Waals surface area contributed by atoms with Gasteiger partial charge in [-0.1, -0.05) is 100.0 Å². The van der Waals surface area contributed by atoms with Crippen molar-refractivity contribution in [1.29, 1.82) is 0 Å². The van der Waals surface area contributed by atoms with Crippen LogP contribution in [0.25, 0.3) is 5.57 Å². The summed E-state index contributed by atoms with van der Waals surface area (Å²) in [7, 11) is -8.59. The quantitative estimate of drug-likeness (QED) is 0.296. The van der Waals surface area contributed by atoms with Gasteiger partial charge in [-0.05, 0) is 83.2 Å². The Morgan fingerprint density at radius 2 is 1.57 bits per heavy atom. The van der Waals surface area contributed by atoms with Crippen molar-refractivity contribution < 1.29 is 77.3 Å². The summed E-state index contributed by atoms with van der Waals surface area (Å²) < 4.78 is 67.7. The van der Waals surface area contributed by atoms with E-state index in [1.54, 1.807) is 4.90 Å². The molecule has 0 aromatic heterocycles. The van der Waals surface area contributed by atoms with Crippen LogP contribution in [0, 0.1) is 0 Å². The topological polar surface area (TPSA) is 115 Å². The van der Waals surface area contributed by atoms with E-state index in [0.717, 1.165) is 52.7 Å². The molecule has 0 bridgehead atoms. The van der Waals surface area contributed by atoms with E-state index in [9.17, 15) is 25.9 Å². The average Bonchev–Trinajstić information content (AvgIpc) is 3.29. The third-order valence-electron chi connectivity index (χ3n) is 9.19. The maximum atomic E-state index is 11.9. The van der Waals surface area contributed by atoms with E-state index < -0.39 is 31.5 Å². The number of nitrogens with zero attached hydrogens (tertiary/aromatic N) is 1. The summed E-state index contributed by atoms with van der Waals surface area (Å²) in [6.45, 7) is 8.35. The summed E-state index contributed by atoms with van der Waals surface area (Å²) in [6.07, 6.45) is 11.2. The molecule has 3 aliphatic rings. The van der Waals surface area contributed by atoms with E-state index in [-0.39, 0.29) is 62.6 Å². The van der Waals surface area contributed by atoms with Crippen LogP contribution in [0.1, 0.15) is 76.5 Å². The molecular formula is C35H39ClKNO6S2. The first-order chi connectivity index (χ1) is 21.0. The zero-order valence-electron chi connectivity index (χ0n) is 27.0. The monoisotopic (exact) mass is 707 g/mol. The molecule has 2 aliphatic carbocycles. The predicted octanol–water partition coefficient (Wildman–Crippen LogP) is 4.75. The van der Waals surface area contributed by atoms with Crippen molar-refractivity contribution in [3.05, 3.63) is 117 Å². The Morgan fingerprint density at radius 3 is 2.24 bits per heavy atom. The van der Waals surface area contributed by atoms with Crippen LogP contribution in [0.4, 0.5) is 5.69 Å². The van der Waals surface area contributed by atoms with Crippen LogP contribution < -0.4 is 56.3 Å². The van der Waals surface area contributed by atoms with E-state index >= 15 is 0 Å². The third-order valence-corrected chi connectivity index (χ3v) is 11.1. The van der Waals surface area contributed by atoms with E-state index in [0.29, 0.717) is 29.3 Å². The van der Waals surface area contributed by atoms with Crippen molar-refractivity contribution in [1.82, 2.24) is 0 Å². The zero-order chi connectivity index (χ0) is 32.8. The number of fused-ring (bicyclic) bond motifs is 2. The van der Waals surface area contributed by atoms with Gasteiger partial charge in [-0.15, -0.1) is 0 Å². The number of halogens is 1. The molecule has 5 rings (SSSR count). The Bertz CT molecular complexity index is 1900. The Hall–Kier alpha value is -1.31. The van der Waals surface area contributed by atoms with Crippen LogP contribution in [0.3, 0.4) is 0 Å². The van der Waals surface area contributed by atoms with Gasteiger partial charge in [0.25, 0.3) is 10.1 Å². The molecule has 0 saturated heterocycles. The van der Waals surface area contributed by atoms with Gasteiger partial charge in [0.1, 0.15) is 16.0 Å². The molecule has 46 heavy (non-hydrogen) atoms. The number of hydrogen-bond acceptors (Lipinski definition) is 6. The molecule has 240 valence electrons. The van der Waals surface area contributed by atoms with Gasteiger partial charge in [0, 0.05) is 27.2 Å². The largest absolute Gasteiger partial charge is 1.00 e. The van der Waals surface area contributed by atoms with Crippen molar-refractivity contribution in [2.45, 2.75) is 70.6 Å². The van der Waals surface area contributed by atoms with Gasteiger partial charge in [0.2, 0.25) is 0 Å². The first-order valence-corrected chi connectivity index (χ1v) is 18.6. The van der Waals surface area contributed by atoms with Gasteiger partial charge in [0.15, 0.2) is 0 Å². The zero-order valence-corrected chi connectivity index (χ0v) is 32.5.